The van der Waals surface area contributed by atoms with E-state index >= 15 is 0 Å². The number of carbonyl (C=O) groups is 1. The lowest BCUT2D eigenvalue weighted by Gasteiger charge is -2.22. The van der Waals surface area contributed by atoms with E-state index in [2.05, 4.69) is 10.3 Å². The molecule has 0 aliphatic heterocycles. The number of nitrogens with one attached hydrogen (secondary N) is 1. The number of fused-ring (bicyclic) bond motifs is 1. The summed E-state index contributed by atoms with van der Waals surface area (Å²) in [4.78, 5) is 29.5. The summed E-state index contributed by atoms with van der Waals surface area (Å²) >= 11 is 6.09. The number of alkyl halides is 3. The zero-order valence-electron chi connectivity index (χ0n) is 17.8. The van der Waals surface area contributed by atoms with Crippen LogP contribution in [0.2, 0.25) is 5.02 Å². The van der Waals surface area contributed by atoms with Gasteiger partial charge in [-0.15, -0.1) is 0 Å². The van der Waals surface area contributed by atoms with Crippen molar-refractivity contribution in [2.45, 2.75) is 39.4 Å². The molecule has 10 heteroatoms. The van der Waals surface area contributed by atoms with Crippen molar-refractivity contribution in [1.29, 1.82) is 0 Å². The van der Waals surface area contributed by atoms with Crippen molar-refractivity contribution in [2.75, 3.05) is 12.4 Å². The number of ether oxygens (including phenoxy) is 1. The largest absolute Gasteiger partial charge is 0.495 e. The molecule has 0 unspecified atom stereocenters. The van der Waals surface area contributed by atoms with Crippen LogP contribution in [0.4, 0.5) is 18.9 Å². The number of carbonyl (C=O) groups excluding carboxylic acids is 1. The van der Waals surface area contributed by atoms with Gasteiger partial charge in [0.2, 0.25) is 11.6 Å². The predicted molar refractivity (Wildman–Crippen MR) is 116 cm³/mol. The molecule has 0 aliphatic carbocycles. The van der Waals surface area contributed by atoms with Crippen molar-refractivity contribution >= 4 is 34.2 Å². The summed E-state index contributed by atoms with van der Waals surface area (Å²) in [7, 11) is 1.44. The molecule has 0 fully saturated rings. The Balaban J connectivity index is 2.17. The second-order valence-electron chi connectivity index (χ2n) is 7.32. The zero-order chi connectivity index (χ0) is 23.8. The minimum atomic E-state index is -4.97. The highest BCUT2D eigenvalue weighted by Gasteiger charge is 2.38. The van der Waals surface area contributed by atoms with E-state index in [0.717, 1.165) is 10.1 Å². The van der Waals surface area contributed by atoms with E-state index in [1.165, 1.54) is 25.3 Å². The van der Waals surface area contributed by atoms with Gasteiger partial charge >= 0.3 is 6.18 Å². The Hall–Kier alpha value is -3.07. The summed E-state index contributed by atoms with van der Waals surface area (Å²) in [6.07, 6.45) is -4.90. The van der Waals surface area contributed by atoms with Gasteiger partial charge in [-0.1, -0.05) is 18.5 Å². The number of aryl methyl sites for hydroxylation is 2. The van der Waals surface area contributed by atoms with E-state index in [4.69, 9.17) is 16.3 Å². The van der Waals surface area contributed by atoms with Crippen molar-refractivity contribution < 1.29 is 22.7 Å². The fourth-order valence-corrected chi connectivity index (χ4v) is 3.67. The lowest BCUT2D eigenvalue weighted by molar-refractivity contribution is -0.142. The number of nitrogens with zero attached hydrogens (tertiary/aromatic N) is 2. The molecule has 2 aromatic carbocycles. The second kappa shape index (κ2) is 8.82. The summed E-state index contributed by atoms with van der Waals surface area (Å²) in [6.45, 7) is 5.11. The minimum absolute atomic E-state index is 0.0150. The molecule has 3 aromatic rings. The van der Waals surface area contributed by atoms with Crippen LogP contribution in [0.15, 0.2) is 35.1 Å². The second-order valence-corrected chi connectivity index (χ2v) is 7.73. The Labute approximate surface area is 187 Å². The fraction of sp³-hybridized carbons (Fsp3) is 0.318. The molecule has 1 atom stereocenters. The van der Waals surface area contributed by atoms with Gasteiger partial charge in [0.05, 0.1) is 23.2 Å². The van der Waals surface area contributed by atoms with Crippen molar-refractivity contribution in [3.05, 3.63) is 62.5 Å². The topological polar surface area (TPSA) is 73.2 Å². The lowest BCUT2D eigenvalue weighted by Crippen LogP contribution is -2.37. The number of methoxy groups -OCH3 is 1. The van der Waals surface area contributed by atoms with E-state index < -0.39 is 29.4 Å². The molecule has 0 saturated heterocycles. The highest BCUT2D eigenvalue weighted by atomic mass is 35.5. The van der Waals surface area contributed by atoms with Gasteiger partial charge in [0.15, 0.2) is 0 Å². The third kappa shape index (κ3) is 4.43. The lowest BCUT2D eigenvalue weighted by atomic mass is 10.1. The number of hydrogen-bond donors (Lipinski definition) is 1. The average Bonchev–Trinajstić information content (AvgIpc) is 2.70. The Morgan fingerprint density at radius 3 is 2.44 bits per heavy atom. The van der Waals surface area contributed by atoms with Crippen molar-refractivity contribution in [1.82, 2.24) is 9.55 Å². The Bertz CT molecular complexity index is 1260. The van der Waals surface area contributed by atoms with Crippen LogP contribution < -0.4 is 15.6 Å². The van der Waals surface area contributed by atoms with Gasteiger partial charge in [-0.3, -0.25) is 14.2 Å². The molecule has 1 aromatic heterocycles. The maximum absolute atomic E-state index is 13.6. The first-order valence-electron chi connectivity index (χ1n) is 9.73. The normalized spacial score (nSPS) is 12.6. The fourth-order valence-electron chi connectivity index (χ4n) is 3.41. The van der Waals surface area contributed by atoms with Gasteiger partial charge in [-0.05, 0) is 61.7 Å². The van der Waals surface area contributed by atoms with Crippen LogP contribution in [0.25, 0.3) is 11.0 Å². The van der Waals surface area contributed by atoms with Crippen LogP contribution in [0.1, 0.15) is 36.2 Å². The van der Waals surface area contributed by atoms with E-state index in [0.29, 0.717) is 17.0 Å². The van der Waals surface area contributed by atoms with E-state index in [1.54, 1.807) is 32.9 Å². The van der Waals surface area contributed by atoms with Crippen LogP contribution >= 0.6 is 11.6 Å². The molecular weight excluding hydrogens is 447 g/mol. The molecule has 3 rings (SSSR count). The monoisotopic (exact) mass is 467 g/mol. The molecule has 170 valence electrons. The third-order valence-electron chi connectivity index (χ3n) is 5.19. The summed E-state index contributed by atoms with van der Waals surface area (Å²) in [5.74, 6) is -0.261. The third-order valence-corrected chi connectivity index (χ3v) is 5.49. The maximum Gasteiger partial charge on any atom is 0.438 e. The van der Waals surface area contributed by atoms with Crippen LogP contribution in [-0.4, -0.2) is 22.6 Å². The van der Waals surface area contributed by atoms with E-state index in [1.807, 2.05) is 0 Å². The van der Waals surface area contributed by atoms with Gasteiger partial charge in [-0.2, -0.15) is 13.2 Å². The molecular formula is C22H21ClF3N3O3. The van der Waals surface area contributed by atoms with Crippen LogP contribution in [-0.2, 0) is 11.0 Å². The predicted octanol–water partition coefficient (Wildman–Crippen LogP) is 5.28. The number of hydrogen-bond acceptors (Lipinski definition) is 4. The standard InChI is InChI=1S/C22H21ClF3N3O3/c1-5-16(20(30)27-13-6-7-18(32-4)14(23)10-13)29-17-9-12(3)11(2)8-15(17)28-19(21(29)31)22(24,25)26/h6-10,16H,5H2,1-4H3,(H,27,30)/t16-/m1/s1. The molecule has 0 bridgehead atoms. The molecule has 1 amide bonds. The summed E-state index contributed by atoms with van der Waals surface area (Å²) in [5, 5.41) is 2.87. The van der Waals surface area contributed by atoms with E-state index in [9.17, 15) is 22.8 Å². The first-order chi connectivity index (χ1) is 15.0. The molecule has 32 heavy (non-hydrogen) atoms. The van der Waals surface area contributed by atoms with Gasteiger partial charge in [0, 0.05) is 5.69 Å². The van der Waals surface area contributed by atoms with Crippen LogP contribution in [0, 0.1) is 13.8 Å². The molecule has 6 nitrogen and oxygen atoms in total. The van der Waals surface area contributed by atoms with Crippen LogP contribution in [0.5, 0.6) is 5.75 Å². The SMILES string of the molecule is CC[C@H](C(=O)Nc1ccc(OC)c(Cl)c1)n1c(=O)c(C(F)(F)F)nc2cc(C)c(C)cc21. The maximum atomic E-state index is 13.6. The quantitative estimate of drug-likeness (QED) is 0.553. The smallest absolute Gasteiger partial charge is 0.438 e. The summed E-state index contributed by atoms with van der Waals surface area (Å²) in [5.41, 5.74) is -1.01. The van der Waals surface area contributed by atoms with Crippen LogP contribution in [0.3, 0.4) is 0 Å². The molecule has 0 aliphatic rings. The Morgan fingerprint density at radius 2 is 1.88 bits per heavy atom. The number of aromatic nitrogens is 2. The Morgan fingerprint density at radius 1 is 1.22 bits per heavy atom. The minimum Gasteiger partial charge on any atom is -0.495 e. The van der Waals surface area contributed by atoms with Crippen molar-refractivity contribution in [3.63, 3.8) is 0 Å². The molecule has 0 saturated carbocycles. The first-order valence-corrected chi connectivity index (χ1v) is 10.1. The number of benzene rings is 2. The van der Waals surface area contributed by atoms with Gasteiger partial charge in [-0.25, -0.2) is 4.98 Å². The average molecular weight is 468 g/mol. The number of amides is 1. The van der Waals surface area contributed by atoms with E-state index in [-0.39, 0.29) is 22.5 Å². The highest BCUT2D eigenvalue weighted by Crippen LogP contribution is 2.30. The number of anilines is 1. The van der Waals surface area contributed by atoms with Gasteiger partial charge < -0.3 is 10.1 Å². The zero-order valence-corrected chi connectivity index (χ0v) is 18.6. The summed E-state index contributed by atoms with van der Waals surface area (Å²) in [6, 6.07) is 6.37. The number of rotatable bonds is 5. The highest BCUT2D eigenvalue weighted by molar-refractivity contribution is 6.32. The summed E-state index contributed by atoms with van der Waals surface area (Å²) < 4.78 is 46.6. The van der Waals surface area contributed by atoms with Gasteiger partial charge in [0.1, 0.15) is 11.8 Å². The number of halogens is 4. The molecule has 0 radical (unpaired) electrons. The molecule has 0 spiro atoms. The first kappa shape index (κ1) is 23.6. The van der Waals surface area contributed by atoms with Crippen molar-refractivity contribution in [3.8, 4) is 5.75 Å². The molecule has 1 N–H and O–H groups in total. The van der Waals surface area contributed by atoms with Crippen molar-refractivity contribution in [2.24, 2.45) is 0 Å². The molecule has 1 heterocycles. The Kier molecular flexibility index (Phi) is 6.50. The van der Waals surface area contributed by atoms with Gasteiger partial charge in [0.25, 0.3) is 5.56 Å².